The molecule has 0 atom stereocenters. The highest BCUT2D eigenvalue weighted by atomic mass is 16.5. The van der Waals surface area contributed by atoms with Gasteiger partial charge in [-0.3, -0.25) is 4.79 Å². The number of hydrogen-bond acceptors (Lipinski definition) is 2. The predicted octanol–water partition coefficient (Wildman–Crippen LogP) is 2.72. The number of nitrogens with zero attached hydrogens (tertiary/aromatic N) is 1. The van der Waals surface area contributed by atoms with Crippen LogP contribution in [0.1, 0.15) is 6.92 Å². The van der Waals surface area contributed by atoms with E-state index < -0.39 is 0 Å². The van der Waals surface area contributed by atoms with E-state index in [1.807, 2.05) is 29.0 Å². The van der Waals surface area contributed by atoms with Gasteiger partial charge in [0.05, 0.1) is 6.54 Å². The minimum Gasteiger partial charge on any atom is -0.464 e. The second-order valence-electron chi connectivity index (χ2n) is 3.84. The Labute approximate surface area is 101 Å². The van der Waals surface area contributed by atoms with Gasteiger partial charge in [-0.1, -0.05) is 30.3 Å². The number of benzene rings is 1. The first-order valence-corrected chi connectivity index (χ1v) is 5.60. The van der Waals surface area contributed by atoms with Crippen LogP contribution in [0.15, 0.2) is 48.8 Å². The third-order valence-corrected chi connectivity index (χ3v) is 2.51. The van der Waals surface area contributed by atoms with Gasteiger partial charge in [-0.25, -0.2) is 0 Å². The fourth-order valence-electron chi connectivity index (χ4n) is 1.68. The van der Waals surface area contributed by atoms with Gasteiger partial charge in [-0.05, 0) is 17.2 Å². The number of rotatable bonds is 4. The lowest BCUT2D eigenvalue weighted by Gasteiger charge is -2.03. The zero-order chi connectivity index (χ0) is 12.1. The van der Waals surface area contributed by atoms with Crippen molar-refractivity contribution in [1.82, 2.24) is 4.57 Å². The lowest BCUT2D eigenvalue weighted by Crippen LogP contribution is -2.07. The second kappa shape index (κ2) is 5.34. The largest absolute Gasteiger partial charge is 0.464 e. The van der Waals surface area contributed by atoms with E-state index in [0.29, 0.717) is 13.2 Å². The summed E-state index contributed by atoms with van der Waals surface area (Å²) >= 11 is 0. The van der Waals surface area contributed by atoms with Crippen LogP contribution in [0.5, 0.6) is 0 Å². The van der Waals surface area contributed by atoms with Gasteiger partial charge in [0, 0.05) is 19.3 Å². The van der Waals surface area contributed by atoms with Crippen LogP contribution in [-0.4, -0.2) is 17.1 Å². The molecule has 0 saturated carbocycles. The summed E-state index contributed by atoms with van der Waals surface area (Å²) in [5.41, 5.74) is 2.37. The molecular weight excluding hydrogens is 214 g/mol. The van der Waals surface area contributed by atoms with Crippen molar-refractivity contribution in [2.45, 2.75) is 13.5 Å². The van der Waals surface area contributed by atoms with Crippen molar-refractivity contribution in [2.75, 3.05) is 6.61 Å². The Bertz CT molecular complexity index is 488. The molecule has 1 aromatic carbocycles. The lowest BCUT2D eigenvalue weighted by molar-refractivity contribution is -0.141. The van der Waals surface area contributed by atoms with Crippen LogP contribution in [-0.2, 0) is 16.1 Å². The number of carbonyl (C=O) groups is 1. The van der Waals surface area contributed by atoms with Crippen molar-refractivity contribution in [3.8, 4) is 11.1 Å². The summed E-state index contributed by atoms with van der Waals surface area (Å²) in [4.78, 5) is 10.6. The van der Waals surface area contributed by atoms with Crippen LogP contribution in [0.2, 0.25) is 0 Å². The first kappa shape index (κ1) is 11.5. The Morgan fingerprint density at radius 1 is 1.18 bits per heavy atom. The van der Waals surface area contributed by atoms with Crippen LogP contribution in [0.25, 0.3) is 11.1 Å². The smallest absolute Gasteiger partial charge is 0.302 e. The van der Waals surface area contributed by atoms with Crippen molar-refractivity contribution in [3.05, 3.63) is 48.8 Å². The van der Waals surface area contributed by atoms with Crippen LogP contribution in [0, 0.1) is 0 Å². The summed E-state index contributed by atoms with van der Waals surface area (Å²) in [5, 5.41) is 0. The van der Waals surface area contributed by atoms with Gasteiger partial charge in [-0.2, -0.15) is 0 Å². The Kier molecular flexibility index (Phi) is 3.60. The van der Waals surface area contributed by atoms with E-state index in [-0.39, 0.29) is 5.97 Å². The molecule has 0 spiro atoms. The third kappa shape index (κ3) is 3.21. The van der Waals surface area contributed by atoms with Crippen molar-refractivity contribution < 1.29 is 9.53 Å². The molecule has 17 heavy (non-hydrogen) atoms. The number of esters is 1. The topological polar surface area (TPSA) is 31.2 Å². The maximum Gasteiger partial charge on any atom is 0.302 e. The van der Waals surface area contributed by atoms with Crippen LogP contribution in [0.4, 0.5) is 0 Å². The summed E-state index contributed by atoms with van der Waals surface area (Å²) in [7, 11) is 0. The second-order valence-corrected chi connectivity index (χ2v) is 3.84. The van der Waals surface area contributed by atoms with Gasteiger partial charge in [0.25, 0.3) is 0 Å². The van der Waals surface area contributed by atoms with Crippen LogP contribution < -0.4 is 0 Å². The normalized spacial score (nSPS) is 10.2. The van der Waals surface area contributed by atoms with E-state index >= 15 is 0 Å². The van der Waals surface area contributed by atoms with Crippen molar-refractivity contribution in [3.63, 3.8) is 0 Å². The molecule has 0 unspecified atom stereocenters. The summed E-state index contributed by atoms with van der Waals surface area (Å²) in [6, 6.07) is 12.2. The van der Waals surface area contributed by atoms with Crippen LogP contribution in [0.3, 0.4) is 0 Å². The highest BCUT2D eigenvalue weighted by Gasteiger charge is 2.00. The van der Waals surface area contributed by atoms with Gasteiger partial charge in [-0.15, -0.1) is 0 Å². The first-order chi connectivity index (χ1) is 8.25. The minimum atomic E-state index is -0.236. The molecule has 1 aromatic heterocycles. The molecule has 3 nitrogen and oxygen atoms in total. The van der Waals surface area contributed by atoms with Crippen LogP contribution >= 0.6 is 0 Å². The Balaban J connectivity index is 1.99. The first-order valence-electron chi connectivity index (χ1n) is 5.60. The SMILES string of the molecule is CC(=O)OCCn1ccc(-c2ccccc2)c1. The minimum absolute atomic E-state index is 0.236. The Morgan fingerprint density at radius 2 is 1.94 bits per heavy atom. The molecule has 0 aliphatic carbocycles. The molecule has 88 valence electrons. The number of carbonyl (C=O) groups excluding carboxylic acids is 1. The highest BCUT2D eigenvalue weighted by Crippen LogP contribution is 2.18. The van der Waals surface area contributed by atoms with Gasteiger partial charge >= 0.3 is 5.97 Å². The molecule has 0 aliphatic rings. The molecular formula is C14H15NO2. The standard InChI is InChI=1S/C14H15NO2/c1-12(16)17-10-9-15-8-7-14(11-15)13-5-3-2-4-6-13/h2-8,11H,9-10H2,1H3. The van der Waals surface area contributed by atoms with E-state index in [9.17, 15) is 4.79 Å². The number of ether oxygens (including phenoxy) is 1. The monoisotopic (exact) mass is 229 g/mol. The Morgan fingerprint density at radius 3 is 2.65 bits per heavy atom. The van der Waals surface area contributed by atoms with Gasteiger partial charge in [0.15, 0.2) is 0 Å². The van der Waals surface area contributed by atoms with E-state index in [1.54, 1.807) is 0 Å². The number of aromatic nitrogens is 1. The third-order valence-electron chi connectivity index (χ3n) is 2.51. The average Bonchev–Trinajstić information content (AvgIpc) is 2.78. The van der Waals surface area contributed by atoms with Crippen molar-refractivity contribution in [1.29, 1.82) is 0 Å². The van der Waals surface area contributed by atoms with E-state index in [4.69, 9.17) is 4.74 Å². The molecule has 2 rings (SSSR count). The summed E-state index contributed by atoms with van der Waals surface area (Å²) < 4.78 is 6.92. The molecule has 3 heteroatoms. The van der Waals surface area contributed by atoms with Crippen molar-refractivity contribution in [2.24, 2.45) is 0 Å². The molecule has 0 bridgehead atoms. The molecule has 0 saturated heterocycles. The molecule has 0 amide bonds. The number of hydrogen-bond donors (Lipinski definition) is 0. The zero-order valence-electron chi connectivity index (χ0n) is 9.80. The molecule has 0 N–H and O–H groups in total. The quantitative estimate of drug-likeness (QED) is 0.755. The summed E-state index contributed by atoms with van der Waals surface area (Å²) in [6.45, 7) is 2.52. The summed E-state index contributed by atoms with van der Waals surface area (Å²) in [5.74, 6) is -0.236. The van der Waals surface area contributed by atoms with E-state index in [1.165, 1.54) is 18.1 Å². The van der Waals surface area contributed by atoms with Gasteiger partial charge in [0.1, 0.15) is 6.61 Å². The molecule has 0 aliphatic heterocycles. The Hall–Kier alpha value is -2.03. The van der Waals surface area contributed by atoms with E-state index in [0.717, 1.165) is 0 Å². The average molecular weight is 229 g/mol. The van der Waals surface area contributed by atoms with Crippen molar-refractivity contribution >= 4 is 5.97 Å². The van der Waals surface area contributed by atoms with E-state index in [2.05, 4.69) is 24.4 Å². The maximum atomic E-state index is 10.6. The highest BCUT2D eigenvalue weighted by molar-refractivity contribution is 5.65. The lowest BCUT2D eigenvalue weighted by atomic mass is 10.1. The molecule has 2 aromatic rings. The molecule has 1 heterocycles. The fraction of sp³-hybridized carbons (Fsp3) is 0.214. The molecule has 0 radical (unpaired) electrons. The maximum absolute atomic E-state index is 10.6. The molecule has 0 fully saturated rings. The van der Waals surface area contributed by atoms with Gasteiger partial charge < -0.3 is 9.30 Å². The van der Waals surface area contributed by atoms with Gasteiger partial charge in [0.2, 0.25) is 0 Å². The predicted molar refractivity (Wildman–Crippen MR) is 66.5 cm³/mol. The fourth-order valence-corrected chi connectivity index (χ4v) is 1.68. The zero-order valence-corrected chi connectivity index (χ0v) is 9.80. The summed E-state index contributed by atoms with van der Waals surface area (Å²) in [6.07, 6.45) is 4.05.